The van der Waals surface area contributed by atoms with Crippen LogP contribution < -0.4 is 10.6 Å². The van der Waals surface area contributed by atoms with Crippen LogP contribution in [0, 0.1) is 0 Å². The van der Waals surface area contributed by atoms with Crippen molar-refractivity contribution < 1.29 is 96.3 Å². The van der Waals surface area contributed by atoms with Crippen molar-refractivity contribution in [1.82, 2.24) is 10.6 Å². The SMILES string of the molecule is CCCCCCCCCCCCCCCC(=O)O[C@H](CCCCCCCCCCC)CC(=O)NC1[C@@H](OP(C)(=O)O)OC(CO[C@@H]2OC(CO)C[C@H](OC(=O)C[C@@H](CCCCCCCCCCC)OC(=O)CCCCCCCCCCC)C2NC(=O)C[C@H](O)CCCCCCCCCCC)[C@@H](O)[C@@H]1OC(=O)C[C@H](O)CCCCCCCCCCC. The van der Waals surface area contributed by atoms with Gasteiger partial charge in [-0.15, -0.1) is 0 Å². The van der Waals surface area contributed by atoms with Crippen LogP contribution in [0.4, 0.5) is 0 Å². The Hall–Kier alpha value is -3.31. The van der Waals surface area contributed by atoms with Crippen molar-refractivity contribution in [3.63, 3.8) is 0 Å². The molecule has 2 aliphatic heterocycles. The van der Waals surface area contributed by atoms with Crippen molar-refractivity contribution in [2.24, 2.45) is 0 Å². The Morgan fingerprint density at radius 1 is 0.383 bits per heavy atom. The fraction of sp³-hybridized carbons (Fsp3) is 0.938. The van der Waals surface area contributed by atoms with Crippen LogP contribution in [0.3, 0.4) is 0 Å². The standard InChI is InChI=1S/C97H183N2O20P/c1-8-14-20-26-32-38-39-40-41-47-53-59-64-70-88(105)113-81(68-62-56-50-44-35-29-23-17-11-4)75-87(104)99-93-95(118-90(107)73-80(102)67-61-55-49-43-34-28-22-16-10-3)94(109)85(117-97(93)119-120(7,110)111)78-112-96-92(98-86(103)72-79(101)66-60-54-48-42-33-27-21-15-9-2)84(74-83(77-100)115-96)116-91(108)76-82(69-63-57-51-45-36-30-24-18-12-5)114-89(106)71-65-58-52-46-37-31-25-19-13-6/h79-85,92-97,100-102,109H,8-78H2,1-7H3,(H,98,103)(H,99,104)(H,110,111)/t79-,80-,81-,82-,83?,84+,85?,92?,93?,94-,95-,96-,97-/m1/s1. The highest BCUT2D eigenvalue weighted by molar-refractivity contribution is 7.51. The summed E-state index contributed by atoms with van der Waals surface area (Å²) >= 11 is 0. The second-order valence-corrected chi connectivity index (χ2v) is 37.7. The van der Waals surface area contributed by atoms with E-state index in [0.29, 0.717) is 57.8 Å². The van der Waals surface area contributed by atoms with Gasteiger partial charge in [-0.1, -0.05) is 388 Å². The summed E-state index contributed by atoms with van der Waals surface area (Å²) in [7, 11) is -4.61. The van der Waals surface area contributed by atoms with E-state index < -0.39 is 143 Å². The van der Waals surface area contributed by atoms with Crippen LogP contribution in [0.1, 0.15) is 485 Å². The van der Waals surface area contributed by atoms with Crippen molar-refractivity contribution in [2.75, 3.05) is 19.9 Å². The minimum atomic E-state index is -4.61. The molecule has 23 heteroatoms. The third kappa shape index (κ3) is 62.0. The molecule has 120 heavy (non-hydrogen) atoms. The highest BCUT2D eigenvalue weighted by Gasteiger charge is 2.52. The molecule has 0 radical (unpaired) electrons. The van der Waals surface area contributed by atoms with E-state index in [1.807, 2.05) is 0 Å². The van der Waals surface area contributed by atoms with Gasteiger partial charge < -0.3 is 69.1 Å². The summed E-state index contributed by atoms with van der Waals surface area (Å²) in [4.78, 5) is 96.5. The van der Waals surface area contributed by atoms with Gasteiger partial charge in [0.1, 0.15) is 42.6 Å². The molecule has 2 amide bonds. The van der Waals surface area contributed by atoms with Gasteiger partial charge >= 0.3 is 31.5 Å². The molecule has 0 aromatic heterocycles. The van der Waals surface area contributed by atoms with Crippen molar-refractivity contribution in [3.05, 3.63) is 0 Å². The number of esters is 4. The molecule has 0 spiro atoms. The van der Waals surface area contributed by atoms with Gasteiger partial charge in [-0.05, 0) is 51.4 Å². The number of rotatable bonds is 84. The fourth-order valence-electron chi connectivity index (χ4n) is 16.7. The predicted molar refractivity (Wildman–Crippen MR) is 481 cm³/mol. The normalized spacial score (nSPS) is 20.2. The summed E-state index contributed by atoms with van der Waals surface area (Å²) < 4.78 is 63.3. The number of hydrogen-bond donors (Lipinski definition) is 7. The van der Waals surface area contributed by atoms with E-state index in [0.717, 1.165) is 167 Å². The van der Waals surface area contributed by atoms with Gasteiger partial charge in [0.25, 0.3) is 0 Å². The van der Waals surface area contributed by atoms with E-state index in [4.69, 9.17) is 37.7 Å². The maximum absolute atomic E-state index is 14.8. The molecule has 2 aliphatic rings. The summed E-state index contributed by atoms with van der Waals surface area (Å²) in [5.41, 5.74) is 0. The highest BCUT2D eigenvalue weighted by Crippen LogP contribution is 2.42. The Morgan fingerprint density at radius 3 is 1.07 bits per heavy atom. The monoisotopic (exact) mass is 1730 g/mol. The first-order valence-electron chi connectivity index (χ1n) is 50.1. The van der Waals surface area contributed by atoms with Crippen LogP contribution in [0.2, 0.25) is 0 Å². The molecular weight excluding hydrogens is 1540 g/mol. The predicted octanol–water partition coefficient (Wildman–Crippen LogP) is 23.0. The van der Waals surface area contributed by atoms with Crippen molar-refractivity contribution in [1.29, 1.82) is 0 Å². The van der Waals surface area contributed by atoms with E-state index in [1.165, 1.54) is 173 Å². The van der Waals surface area contributed by atoms with Crippen LogP contribution in [0.15, 0.2) is 0 Å². The van der Waals surface area contributed by atoms with Gasteiger partial charge in [0.2, 0.25) is 11.8 Å². The largest absolute Gasteiger partial charge is 0.462 e. The average molecular weight is 1730 g/mol. The number of unbranched alkanes of at least 4 members (excludes halogenated alkanes) is 52. The Balaban J connectivity index is 2.63. The lowest BCUT2D eigenvalue weighted by molar-refractivity contribution is -0.283. The third-order valence-electron chi connectivity index (χ3n) is 24.1. The van der Waals surface area contributed by atoms with E-state index >= 15 is 0 Å². The van der Waals surface area contributed by atoms with Crippen LogP contribution in [-0.4, -0.2) is 160 Å². The van der Waals surface area contributed by atoms with Gasteiger partial charge in [-0.25, -0.2) is 0 Å². The highest BCUT2D eigenvalue weighted by atomic mass is 31.2. The Bertz CT molecular complexity index is 2510. The molecule has 0 saturated carbocycles. The van der Waals surface area contributed by atoms with Crippen LogP contribution in [-0.2, 0) is 71.0 Å². The first-order chi connectivity index (χ1) is 58.2. The number of aliphatic hydroxyl groups excluding tert-OH is 4. The number of carbonyl (C=O) groups excluding carboxylic acids is 6. The molecule has 0 aliphatic carbocycles. The topological polar surface area (TPSA) is 319 Å². The first kappa shape index (κ1) is 113. The second-order valence-electron chi connectivity index (χ2n) is 35.9. The van der Waals surface area contributed by atoms with E-state index in [-0.39, 0.29) is 44.9 Å². The lowest BCUT2D eigenvalue weighted by atomic mass is 9.95. The van der Waals surface area contributed by atoms with Crippen LogP contribution in [0.5, 0.6) is 0 Å². The number of carbonyl (C=O) groups is 6. The summed E-state index contributed by atoms with van der Waals surface area (Å²) in [6, 6.07) is -3.05. The minimum Gasteiger partial charge on any atom is -0.462 e. The zero-order valence-electron chi connectivity index (χ0n) is 77.5. The maximum atomic E-state index is 14.8. The molecule has 14 atom stereocenters. The number of ether oxygens (including phenoxy) is 7. The fourth-order valence-corrected chi connectivity index (χ4v) is 17.3. The minimum absolute atomic E-state index is 0.140. The molecule has 5 unspecified atom stereocenters. The van der Waals surface area contributed by atoms with Crippen molar-refractivity contribution >= 4 is 43.3 Å². The van der Waals surface area contributed by atoms with Gasteiger partial charge in [0.05, 0.1) is 57.2 Å². The number of hydrogen-bond acceptors (Lipinski definition) is 19. The molecule has 2 heterocycles. The van der Waals surface area contributed by atoms with E-state index in [1.54, 1.807) is 0 Å². The molecule has 2 fully saturated rings. The second kappa shape index (κ2) is 76.9. The molecule has 7 N–H and O–H groups in total. The quantitative estimate of drug-likeness (QED) is 0.0129. The Morgan fingerprint density at radius 2 is 0.700 bits per heavy atom. The molecule has 0 aromatic carbocycles. The van der Waals surface area contributed by atoms with Gasteiger partial charge in [-0.3, -0.25) is 37.9 Å². The van der Waals surface area contributed by atoms with Gasteiger partial charge in [0.15, 0.2) is 18.7 Å². The Labute approximate surface area is 730 Å². The first-order valence-corrected chi connectivity index (χ1v) is 52.2. The summed E-state index contributed by atoms with van der Waals surface area (Å²) in [5, 5.41) is 52.0. The van der Waals surface area contributed by atoms with E-state index in [2.05, 4.69) is 52.2 Å². The number of amides is 2. The molecule has 706 valence electrons. The van der Waals surface area contributed by atoms with Crippen molar-refractivity contribution in [2.45, 2.75) is 564 Å². The molecular formula is C97H183N2O20P. The van der Waals surface area contributed by atoms with E-state index in [9.17, 15) is 58.7 Å². The van der Waals surface area contributed by atoms with Crippen molar-refractivity contribution in [3.8, 4) is 0 Å². The number of aliphatic hydroxyl groups is 4. The van der Waals surface area contributed by atoms with Gasteiger partial charge in [0, 0.05) is 25.9 Å². The summed E-state index contributed by atoms with van der Waals surface area (Å²) in [5.74, 6) is -3.90. The molecule has 0 aromatic rings. The molecule has 2 saturated heterocycles. The summed E-state index contributed by atoms with van der Waals surface area (Å²) in [6.07, 6.45) is 47.6. The molecule has 0 bridgehead atoms. The van der Waals surface area contributed by atoms with Gasteiger partial charge in [-0.2, -0.15) is 0 Å². The Kier molecular flexibility index (Phi) is 72.2. The number of nitrogens with one attached hydrogen (secondary N) is 2. The lowest BCUT2D eigenvalue weighted by Gasteiger charge is -2.45. The molecule has 2 rings (SSSR count). The third-order valence-corrected chi connectivity index (χ3v) is 24.7. The zero-order valence-corrected chi connectivity index (χ0v) is 78.4. The van der Waals surface area contributed by atoms with Crippen LogP contribution >= 0.6 is 7.60 Å². The smallest absolute Gasteiger partial charge is 0.327 e. The maximum Gasteiger partial charge on any atom is 0.327 e. The average Bonchev–Trinajstić information content (AvgIpc) is 0.784. The zero-order chi connectivity index (χ0) is 87.7. The molecule has 22 nitrogen and oxygen atoms in total. The lowest BCUT2D eigenvalue weighted by Crippen LogP contribution is -2.66. The van der Waals surface area contributed by atoms with Crippen LogP contribution in [0.25, 0.3) is 0 Å². The summed E-state index contributed by atoms with van der Waals surface area (Å²) in [6.45, 7) is 12.8.